The number of halogens is 2. The van der Waals surface area contributed by atoms with E-state index in [1.807, 2.05) is 6.07 Å². The SMILES string of the molecule is C[C@H]1CNCCN1Cc1ccn(-c2ccc(F)cc2F)n1. The normalized spacial score (nSPS) is 19.9. The lowest BCUT2D eigenvalue weighted by molar-refractivity contribution is 0.163. The first kappa shape index (κ1) is 14.2. The Morgan fingerprint density at radius 3 is 2.95 bits per heavy atom. The van der Waals surface area contributed by atoms with E-state index in [1.165, 1.54) is 16.8 Å². The van der Waals surface area contributed by atoms with Crippen molar-refractivity contribution in [3.8, 4) is 5.69 Å². The largest absolute Gasteiger partial charge is 0.314 e. The summed E-state index contributed by atoms with van der Waals surface area (Å²) in [5.74, 6) is -1.20. The molecule has 2 aromatic rings. The van der Waals surface area contributed by atoms with Gasteiger partial charge in [0.1, 0.15) is 11.5 Å². The van der Waals surface area contributed by atoms with Crippen LogP contribution in [0.5, 0.6) is 0 Å². The lowest BCUT2D eigenvalue weighted by Gasteiger charge is -2.33. The Bertz CT molecular complexity index is 626. The number of nitrogens with zero attached hydrogens (tertiary/aromatic N) is 3. The van der Waals surface area contributed by atoms with Crippen LogP contribution >= 0.6 is 0 Å². The predicted octanol–water partition coefficient (Wildman–Crippen LogP) is 1.94. The second-order valence-corrected chi connectivity index (χ2v) is 5.37. The van der Waals surface area contributed by atoms with Crippen LogP contribution in [0.3, 0.4) is 0 Å². The van der Waals surface area contributed by atoms with Crippen LogP contribution in [0.1, 0.15) is 12.6 Å². The van der Waals surface area contributed by atoms with Gasteiger partial charge in [-0.05, 0) is 25.1 Å². The molecule has 1 aromatic heterocycles. The summed E-state index contributed by atoms with van der Waals surface area (Å²) in [4.78, 5) is 2.34. The summed E-state index contributed by atoms with van der Waals surface area (Å²) < 4.78 is 28.1. The summed E-state index contributed by atoms with van der Waals surface area (Å²) >= 11 is 0. The standard InChI is InChI=1S/C15H18F2N4/c1-11-9-18-5-7-20(11)10-13-4-6-21(19-13)15-3-2-12(16)8-14(15)17/h2-4,6,8,11,18H,5,7,9-10H2,1H3/t11-/m0/s1. The number of rotatable bonds is 3. The maximum absolute atomic E-state index is 13.7. The zero-order valence-corrected chi connectivity index (χ0v) is 11.9. The lowest BCUT2D eigenvalue weighted by Crippen LogP contribution is -2.49. The van der Waals surface area contributed by atoms with E-state index >= 15 is 0 Å². The summed E-state index contributed by atoms with van der Waals surface area (Å²) in [5, 5.41) is 7.73. The van der Waals surface area contributed by atoms with Gasteiger partial charge in [0, 0.05) is 44.5 Å². The third kappa shape index (κ3) is 3.11. The highest BCUT2D eigenvalue weighted by Gasteiger charge is 2.19. The Balaban J connectivity index is 1.76. The van der Waals surface area contributed by atoms with Crippen molar-refractivity contribution >= 4 is 0 Å². The topological polar surface area (TPSA) is 33.1 Å². The number of hydrogen-bond donors (Lipinski definition) is 1. The molecule has 0 radical (unpaired) electrons. The Hall–Kier alpha value is -1.79. The molecule has 21 heavy (non-hydrogen) atoms. The molecule has 1 aromatic carbocycles. The molecule has 1 N–H and O–H groups in total. The molecule has 2 heterocycles. The summed E-state index contributed by atoms with van der Waals surface area (Å²) in [7, 11) is 0. The molecular formula is C15H18F2N4. The third-order valence-corrected chi connectivity index (χ3v) is 3.80. The molecule has 1 aliphatic rings. The molecule has 1 aliphatic heterocycles. The van der Waals surface area contributed by atoms with Crippen LogP contribution in [0.25, 0.3) is 5.69 Å². The minimum atomic E-state index is -0.611. The van der Waals surface area contributed by atoms with E-state index in [-0.39, 0.29) is 5.69 Å². The van der Waals surface area contributed by atoms with Crippen molar-refractivity contribution in [1.82, 2.24) is 20.0 Å². The van der Waals surface area contributed by atoms with E-state index in [1.54, 1.807) is 6.20 Å². The van der Waals surface area contributed by atoms with Crippen molar-refractivity contribution < 1.29 is 8.78 Å². The summed E-state index contributed by atoms with van der Waals surface area (Å²) in [6, 6.07) is 5.83. The molecular weight excluding hydrogens is 274 g/mol. The highest BCUT2D eigenvalue weighted by Crippen LogP contribution is 2.15. The van der Waals surface area contributed by atoms with Crippen molar-refractivity contribution in [3.05, 3.63) is 47.8 Å². The van der Waals surface area contributed by atoms with Gasteiger partial charge in [0.05, 0.1) is 5.69 Å². The van der Waals surface area contributed by atoms with Gasteiger partial charge >= 0.3 is 0 Å². The average Bonchev–Trinajstić information content (AvgIpc) is 2.90. The fraction of sp³-hybridized carbons (Fsp3) is 0.400. The number of nitrogens with one attached hydrogen (secondary N) is 1. The molecule has 112 valence electrons. The minimum Gasteiger partial charge on any atom is -0.314 e. The molecule has 0 bridgehead atoms. The van der Waals surface area contributed by atoms with Gasteiger partial charge < -0.3 is 5.32 Å². The van der Waals surface area contributed by atoms with Crippen LogP contribution in [0.4, 0.5) is 8.78 Å². The molecule has 3 rings (SSSR count). The molecule has 0 spiro atoms. The highest BCUT2D eigenvalue weighted by molar-refractivity contribution is 5.33. The maximum atomic E-state index is 13.7. The van der Waals surface area contributed by atoms with Gasteiger partial charge in [0.2, 0.25) is 0 Å². The molecule has 0 amide bonds. The molecule has 4 nitrogen and oxygen atoms in total. The van der Waals surface area contributed by atoms with E-state index in [2.05, 4.69) is 22.2 Å². The summed E-state index contributed by atoms with van der Waals surface area (Å²) in [6.45, 7) is 5.81. The Morgan fingerprint density at radius 1 is 1.33 bits per heavy atom. The molecule has 0 saturated carbocycles. The zero-order valence-electron chi connectivity index (χ0n) is 11.9. The lowest BCUT2D eigenvalue weighted by atomic mass is 10.2. The predicted molar refractivity (Wildman–Crippen MR) is 76.2 cm³/mol. The third-order valence-electron chi connectivity index (χ3n) is 3.80. The summed E-state index contributed by atoms with van der Waals surface area (Å²) in [5.41, 5.74) is 1.14. The summed E-state index contributed by atoms with van der Waals surface area (Å²) in [6.07, 6.45) is 1.71. The van der Waals surface area contributed by atoms with Crippen LogP contribution in [0.2, 0.25) is 0 Å². The minimum absolute atomic E-state index is 0.260. The molecule has 0 aliphatic carbocycles. The van der Waals surface area contributed by atoms with Crippen LogP contribution < -0.4 is 5.32 Å². The van der Waals surface area contributed by atoms with Crippen LogP contribution in [-0.2, 0) is 6.54 Å². The Morgan fingerprint density at radius 2 is 2.19 bits per heavy atom. The van der Waals surface area contributed by atoms with Gasteiger partial charge in [0.15, 0.2) is 5.82 Å². The highest BCUT2D eigenvalue weighted by atomic mass is 19.1. The molecule has 6 heteroatoms. The fourth-order valence-electron chi connectivity index (χ4n) is 2.57. The van der Waals surface area contributed by atoms with Crippen molar-refractivity contribution in [2.45, 2.75) is 19.5 Å². The first-order valence-electron chi connectivity index (χ1n) is 7.08. The second-order valence-electron chi connectivity index (χ2n) is 5.37. The van der Waals surface area contributed by atoms with Gasteiger partial charge in [-0.3, -0.25) is 4.90 Å². The average molecular weight is 292 g/mol. The van der Waals surface area contributed by atoms with Gasteiger partial charge in [-0.15, -0.1) is 0 Å². The molecule has 0 unspecified atom stereocenters. The molecule has 1 atom stereocenters. The first-order valence-corrected chi connectivity index (χ1v) is 7.08. The quantitative estimate of drug-likeness (QED) is 0.938. The van der Waals surface area contributed by atoms with Gasteiger partial charge in [-0.25, -0.2) is 13.5 Å². The molecule has 1 saturated heterocycles. The number of aromatic nitrogens is 2. The number of hydrogen-bond acceptors (Lipinski definition) is 3. The van der Waals surface area contributed by atoms with Crippen molar-refractivity contribution in [3.63, 3.8) is 0 Å². The Kier molecular flexibility index (Phi) is 3.98. The van der Waals surface area contributed by atoms with Crippen molar-refractivity contribution in [2.24, 2.45) is 0 Å². The van der Waals surface area contributed by atoms with Crippen molar-refractivity contribution in [2.75, 3.05) is 19.6 Å². The van der Waals surface area contributed by atoms with Crippen molar-refractivity contribution in [1.29, 1.82) is 0 Å². The smallest absolute Gasteiger partial charge is 0.151 e. The van der Waals surface area contributed by atoms with Gasteiger partial charge in [0.25, 0.3) is 0 Å². The number of piperazine rings is 1. The Labute approximate surface area is 122 Å². The monoisotopic (exact) mass is 292 g/mol. The number of benzene rings is 1. The van der Waals surface area contributed by atoms with Gasteiger partial charge in [-0.2, -0.15) is 5.10 Å². The van der Waals surface area contributed by atoms with E-state index in [4.69, 9.17) is 0 Å². The van der Waals surface area contributed by atoms with E-state index < -0.39 is 11.6 Å². The van der Waals surface area contributed by atoms with E-state index in [9.17, 15) is 8.78 Å². The fourth-order valence-corrected chi connectivity index (χ4v) is 2.57. The second kappa shape index (κ2) is 5.91. The maximum Gasteiger partial charge on any atom is 0.151 e. The van der Waals surface area contributed by atoms with Crippen LogP contribution in [-0.4, -0.2) is 40.4 Å². The zero-order chi connectivity index (χ0) is 14.8. The van der Waals surface area contributed by atoms with E-state index in [0.29, 0.717) is 6.04 Å². The first-order chi connectivity index (χ1) is 10.1. The molecule has 1 fully saturated rings. The van der Waals surface area contributed by atoms with E-state index in [0.717, 1.165) is 37.9 Å². The van der Waals surface area contributed by atoms with Crippen LogP contribution in [0, 0.1) is 11.6 Å². The van der Waals surface area contributed by atoms with Crippen LogP contribution in [0.15, 0.2) is 30.5 Å². The van der Waals surface area contributed by atoms with Gasteiger partial charge in [-0.1, -0.05) is 0 Å².